The van der Waals surface area contributed by atoms with Crippen molar-refractivity contribution in [3.05, 3.63) is 69.9 Å². The Hall–Kier alpha value is -2.48. The molecule has 0 aliphatic rings. The van der Waals surface area contributed by atoms with Crippen molar-refractivity contribution in [2.24, 2.45) is 0 Å². The minimum absolute atomic E-state index is 0.0910. The number of nitrogens with zero attached hydrogens (tertiary/aromatic N) is 1. The highest BCUT2D eigenvalue weighted by Gasteiger charge is 2.09. The second-order valence-corrected chi connectivity index (χ2v) is 6.93. The maximum Gasteiger partial charge on any atom is 0.252 e. The normalized spacial score (nSPS) is 10.5. The van der Waals surface area contributed by atoms with E-state index in [4.69, 9.17) is 0 Å². The molecule has 0 radical (unpaired) electrons. The molecule has 1 heterocycles. The number of nitrogens with one attached hydrogen (secondary N) is 2. The molecule has 0 saturated heterocycles. The third kappa shape index (κ3) is 4.57. The Morgan fingerprint density at radius 3 is 2.65 bits per heavy atom. The summed E-state index contributed by atoms with van der Waals surface area (Å²) in [5, 5.41) is 6.73. The van der Waals surface area contributed by atoms with E-state index in [0.717, 1.165) is 14.5 Å². The number of carbonyl (C=O) groups excluding carboxylic acids is 2. The molecule has 0 bridgehead atoms. The highest BCUT2D eigenvalue weighted by atomic mass is 127. The molecule has 1 aromatic heterocycles. The number of anilines is 1. The van der Waals surface area contributed by atoms with Crippen molar-refractivity contribution < 1.29 is 9.59 Å². The second kappa shape index (κ2) is 8.75. The minimum Gasteiger partial charge on any atom is -0.352 e. The Balaban J connectivity index is 1.49. The summed E-state index contributed by atoms with van der Waals surface area (Å²) in [6, 6.07) is 16.9. The average Bonchev–Trinajstić information content (AvgIpc) is 2.66. The topological polar surface area (TPSA) is 71.1 Å². The third-order valence-corrected chi connectivity index (χ3v) is 4.83. The van der Waals surface area contributed by atoms with E-state index in [-0.39, 0.29) is 11.8 Å². The molecule has 0 aliphatic carbocycles. The van der Waals surface area contributed by atoms with Gasteiger partial charge in [-0.25, -0.2) is 0 Å². The summed E-state index contributed by atoms with van der Waals surface area (Å²) in [4.78, 5) is 28.6. The Kier molecular flexibility index (Phi) is 6.17. The summed E-state index contributed by atoms with van der Waals surface area (Å²) in [6.07, 6.45) is 2.60. The fraction of sp³-hybridized carbons (Fsp3) is 0.150. The molecule has 0 aliphatic heterocycles. The van der Waals surface area contributed by atoms with E-state index >= 15 is 0 Å². The van der Waals surface area contributed by atoms with Crippen LogP contribution < -0.4 is 10.6 Å². The molecule has 0 fully saturated rings. The minimum atomic E-state index is -0.117. The molecule has 132 valence electrons. The van der Waals surface area contributed by atoms with Crippen LogP contribution >= 0.6 is 22.6 Å². The van der Waals surface area contributed by atoms with Crippen molar-refractivity contribution in [2.75, 3.05) is 11.9 Å². The van der Waals surface area contributed by atoms with E-state index in [2.05, 4.69) is 38.2 Å². The van der Waals surface area contributed by atoms with Crippen LogP contribution in [0.5, 0.6) is 0 Å². The molecule has 2 N–H and O–H groups in total. The number of carbonyl (C=O) groups is 2. The number of aromatic nitrogens is 1. The zero-order chi connectivity index (χ0) is 18.4. The molecule has 0 atom stereocenters. The third-order valence-electron chi connectivity index (χ3n) is 3.89. The second-order valence-electron chi connectivity index (χ2n) is 5.77. The smallest absolute Gasteiger partial charge is 0.252 e. The van der Waals surface area contributed by atoms with E-state index in [1.165, 1.54) is 0 Å². The quantitative estimate of drug-likeness (QED) is 0.433. The fourth-order valence-corrected chi connectivity index (χ4v) is 3.24. The lowest BCUT2D eigenvalue weighted by molar-refractivity contribution is -0.116. The number of pyridine rings is 1. The van der Waals surface area contributed by atoms with Gasteiger partial charge < -0.3 is 10.6 Å². The van der Waals surface area contributed by atoms with Crippen molar-refractivity contribution in [1.29, 1.82) is 0 Å². The van der Waals surface area contributed by atoms with Gasteiger partial charge in [-0.2, -0.15) is 0 Å². The van der Waals surface area contributed by atoms with Crippen molar-refractivity contribution in [2.45, 2.75) is 12.8 Å². The van der Waals surface area contributed by atoms with Crippen LogP contribution in [0.3, 0.4) is 0 Å². The van der Waals surface area contributed by atoms with Crippen LogP contribution in [-0.4, -0.2) is 23.3 Å². The standard InChI is InChI=1S/C20H18IN3O2/c21-16-9-2-1-8-15(16)20(26)23-13-5-11-18(25)24-17-10-3-6-14-7-4-12-22-19(14)17/h1-4,6-10,12H,5,11,13H2,(H,23,26)(H,24,25). The molecular weight excluding hydrogens is 441 g/mol. The average molecular weight is 459 g/mol. The van der Waals surface area contributed by atoms with E-state index in [0.29, 0.717) is 30.6 Å². The molecule has 2 amide bonds. The number of hydrogen-bond acceptors (Lipinski definition) is 3. The maximum atomic E-state index is 12.2. The summed E-state index contributed by atoms with van der Waals surface area (Å²) < 4.78 is 0.906. The summed E-state index contributed by atoms with van der Waals surface area (Å²) in [5.74, 6) is -0.208. The molecule has 6 heteroatoms. The molecule has 0 saturated carbocycles. The van der Waals surface area contributed by atoms with Crippen LogP contribution in [0.1, 0.15) is 23.2 Å². The summed E-state index contributed by atoms with van der Waals surface area (Å²) in [6.45, 7) is 0.449. The Morgan fingerprint density at radius 2 is 1.81 bits per heavy atom. The van der Waals surface area contributed by atoms with Gasteiger partial charge in [0.05, 0.1) is 16.8 Å². The monoisotopic (exact) mass is 459 g/mol. The van der Waals surface area contributed by atoms with E-state index in [1.807, 2.05) is 48.5 Å². The SMILES string of the molecule is O=C(CCCNC(=O)c1ccccc1I)Nc1cccc2cccnc12. The van der Waals surface area contributed by atoms with Crippen LogP contribution in [0.25, 0.3) is 10.9 Å². The van der Waals surface area contributed by atoms with Crippen molar-refractivity contribution in [1.82, 2.24) is 10.3 Å². The predicted molar refractivity (Wildman–Crippen MR) is 111 cm³/mol. The predicted octanol–water partition coefficient (Wildman–Crippen LogP) is 3.99. The van der Waals surface area contributed by atoms with Crippen LogP contribution in [0.4, 0.5) is 5.69 Å². The first-order valence-corrected chi connectivity index (χ1v) is 9.39. The van der Waals surface area contributed by atoms with Gasteiger partial charge in [-0.15, -0.1) is 0 Å². The first kappa shape index (κ1) is 18.3. The highest BCUT2D eigenvalue weighted by Crippen LogP contribution is 2.20. The Labute approximate surface area is 165 Å². The first-order valence-electron chi connectivity index (χ1n) is 8.31. The van der Waals surface area contributed by atoms with Gasteiger partial charge in [0.15, 0.2) is 0 Å². The Bertz CT molecular complexity index is 938. The first-order chi connectivity index (χ1) is 12.6. The van der Waals surface area contributed by atoms with Gasteiger partial charge in [-0.1, -0.05) is 30.3 Å². The van der Waals surface area contributed by atoms with Crippen molar-refractivity contribution in [3.8, 4) is 0 Å². The van der Waals surface area contributed by atoms with Crippen molar-refractivity contribution in [3.63, 3.8) is 0 Å². The fourth-order valence-electron chi connectivity index (χ4n) is 2.61. The molecule has 2 aromatic carbocycles. The molecule has 0 unspecified atom stereocenters. The lowest BCUT2D eigenvalue weighted by Crippen LogP contribution is -2.26. The van der Waals surface area contributed by atoms with Gasteiger partial charge in [0.2, 0.25) is 5.91 Å². The van der Waals surface area contributed by atoms with Gasteiger partial charge >= 0.3 is 0 Å². The molecule has 5 nitrogen and oxygen atoms in total. The summed E-state index contributed by atoms with van der Waals surface area (Å²) >= 11 is 2.14. The van der Waals surface area contributed by atoms with Gasteiger partial charge in [0.1, 0.15) is 0 Å². The van der Waals surface area contributed by atoms with E-state index < -0.39 is 0 Å². The largest absolute Gasteiger partial charge is 0.352 e. The molecule has 3 aromatic rings. The number of rotatable bonds is 6. The number of amides is 2. The van der Waals surface area contributed by atoms with E-state index in [1.54, 1.807) is 12.3 Å². The summed E-state index contributed by atoms with van der Waals surface area (Å²) in [5.41, 5.74) is 2.13. The molecular formula is C20H18IN3O2. The number of halogens is 1. The lowest BCUT2D eigenvalue weighted by Gasteiger charge is -2.09. The molecule has 0 spiro atoms. The summed E-state index contributed by atoms with van der Waals surface area (Å²) in [7, 11) is 0. The van der Waals surface area contributed by atoms with Gasteiger partial charge in [0.25, 0.3) is 5.91 Å². The van der Waals surface area contributed by atoms with Gasteiger partial charge in [-0.3, -0.25) is 14.6 Å². The van der Waals surface area contributed by atoms with Crippen molar-refractivity contribution >= 4 is 51.0 Å². The number of benzene rings is 2. The highest BCUT2D eigenvalue weighted by molar-refractivity contribution is 14.1. The zero-order valence-electron chi connectivity index (χ0n) is 14.0. The molecule has 3 rings (SSSR count). The number of fused-ring (bicyclic) bond motifs is 1. The zero-order valence-corrected chi connectivity index (χ0v) is 16.2. The number of hydrogen-bond donors (Lipinski definition) is 2. The van der Waals surface area contributed by atoms with Gasteiger partial charge in [-0.05, 0) is 53.3 Å². The lowest BCUT2D eigenvalue weighted by atomic mass is 10.2. The molecule has 26 heavy (non-hydrogen) atoms. The van der Waals surface area contributed by atoms with Crippen LogP contribution in [0, 0.1) is 3.57 Å². The van der Waals surface area contributed by atoms with Gasteiger partial charge in [0, 0.05) is 28.1 Å². The maximum absolute atomic E-state index is 12.2. The van der Waals surface area contributed by atoms with Crippen LogP contribution in [0.15, 0.2) is 60.8 Å². The van der Waals surface area contributed by atoms with E-state index in [9.17, 15) is 9.59 Å². The van der Waals surface area contributed by atoms with Crippen LogP contribution in [0.2, 0.25) is 0 Å². The number of para-hydroxylation sites is 1. The van der Waals surface area contributed by atoms with Crippen LogP contribution in [-0.2, 0) is 4.79 Å². The Morgan fingerprint density at radius 1 is 1.00 bits per heavy atom.